The molecule has 0 saturated carbocycles. The summed E-state index contributed by atoms with van der Waals surface area (Å²) in [5.74, 6) is 0.771. The van der Waals surface area contributed by atoms with E-state index in [0.29, 0.717) is 5.13 Å². The Morgan fingerprint density at radius 1 is 1.40 bits per heavy atom. The van der Waals surface area contributed by atoms with Crippen molar-refractivity contribution in [3.05, 3.63) is 35.4 Å². The molecule has 106 valence electrons. The number of aromatic nitrogens is 2. The van der Waals surface area contributed by atoms with Gasteiger partial charge in [-0.05, 0) is 12.5 Å². The van der Waals surface area contributed by atoms with Gasteiger partial charge in [0, 0.05) is 11.7 Å². The molecule has 6 heteroatoms. The van der Waals surface area contributed by atoms with Crippen LogP contribution in [0.5, 0.6) is 0 Å². The first-order chi connectivity index (χ1) is 9.54. The van der Waals surface area contributed by atoms with E-state index in [1.54, 1.807) is 11.8 Å². The molecule has 1 N–H and O–H groups in total. The SMILES string of the molecule is Cc1cccc(CSc2nnc(NC(=O)C(C)C)s2)c1. The molecule has 0 bridgehead atoms. The molecule has 0 saturated heterocycles. The third-order valence-electron chi connectivity index (χ3n) is 2.61. The number of aryl methyl sites for hydroxylation is 1. The third-order valence-corrected chi connectivity index (χ3v) is 4.65. The lowest BCUT2D eigenvalue weighted by Gasteiger charge is -2.02. The molecule has 2 aromatic rings. The van der Waals surface area contributed by atoms with Crippen LogP contribution >= 0.6 is 23.1 Å². The number of carbonyl (C=O) groups is 1. The first kappa shape index (κ1) is 15.0. The minimum Gasteiger partial charge on any atom is -0.300 e. The van der Waals surface area contributed by atoms with E-state index in [0.717, 1.165) is 10.1 Å². The molecule has 1 aromatic heterocycles. The van der Waals surface area contributed by atoms with Gasteiger partial charge in [0.25, 0.3) is 0 Å². The van der Waals surface area contributed by atoms with Crippen LogP contribution in [0.4, 0.5) is 5.13 Å². The smallest absolute Gasteiger partial charge is 0.228 e. The minimum atomic E-state index is -0.0534. The lowest BCUT2D eigenvalue weighted by Crippen LogP contribution is -2.17. The van der Waals surface area contributed by atoms with E-state index in [1.807, 2.05) is 13.8 Å². The summed E-state index contributed by atoms with van der Waals surface area (Å²) >= 11 is 3.04. The van der Waals surface area contributed by atoms with Crippen molar-refractivity contribution in [2.45, 2.75) is 30.9 Å². The first-order valence-corrected chi connectivity index (χ1v) is 8.17. The van der Waals surface area contributed by atoms with Crippen LogP contribution < -0.4 is 5.32 Å². The number of benzene rings is 1. The molecule has 20 heavy (non-hydrogen) atoms. The summed E-state index contributed by atoms with van der Waals surface area (Å²) in [5.41, 5.74) is 2.52. The molecule has 0 aliphatic heterocycles. The molecular weight excluding hydrogens is 290 g/mol. The van der Waals surface area contributed by atoms with Crippen molar-refractivity contribution in [3.8, 4) is 0 Å². The zero-order valence-corrected chi connectivity index (χ0v) is 13.3. The van der Waals surface area contributed by atoms with Crippen molar-refractivity contribution in [2.75, 3.05) is 5.32 Å². The topological polar surface area (TPSA) is 54.9 Å². The van der Waals surface area contributed by atoms with Crippen molar-refractivity contribution < 1.29 is 4.79 Å². The van der Waals surface area contributed by atoms with Crippen LogP contribution in [0.3, 0.4) is 0 Å². The fraction of sp³-hybridized carbons (Fsp3) is 0.357. The number of carbonyl (C=O) groups excluding carboxylic acids is 1. The van der Waals surface area contributed by atoms with E-state index >= 15 is 0 Å². The molecule has 2 rings (SSSR count). The summed E-state index contributed by atoms with van der Waals surface area (Å²) in [7, 11) is 0. The number of thioether (sulfide) groups is 1. The maximum absolute atomic E-state index is 11.6. The number of hydrogen-bond donors (Lipinski definition) is 1. The third kappa shape index (κ3) is 4.31. The predicted molar refractivity (Wildman–Crippen MR) is 84.1 cm³/mol. The van der Waals surface area contributed by atoms with Gasteiger partial charge in [0.1, 0.15) is 0 Å². The molecule has 0 aliphatic carbocycles. The fourth-order valence-corrected chi connectivity index (χ4v) is 3.21. The maximum Gasteiger partial charge on any atom is 0.228 e. The molecule has 1 heterocycles. The zero-order chi connectivity index (χ0) is 14.5. The molecule has 0 aliphatic rings. The Balaban J connectivity index is 1.91. The summed E-state index contributed by atoms with van der Waals surface area (Å²) in [6.07, 6.45) is 0. The number of amides is 1. The van der Waals surface area contributed by atoms with Gasteiger partial charge >= 0.3 is 0 Å². The molecule has 4 nitrogen and oxygen atoms in total. The summed E-state index contributed by atoms with van der Waals surface area (Å²) < 4.78 is 0.866. The summed E-state index contributed by atoms with van der Waals surface area (Å²) in [4.78, 5) is 11.6. The number of nitrogens with one attached hydrogen (secondary N) is 1. The number of hydrogen-bond acceptors (Lipinski definition) is 5. The Morgan fingerprint density at radius 3 is 2.90 bits per heavy atom. The standard InChI is InChI=1S/C14H17N3OS2/c1-9(2)12(18)15-13-16-17-14(20-13)19-8-11-6-4-5-10(3)7-11/h4-7,9H,8H2,1-3H3,(H,15,16,18). The lowest BCUT2D eigenvalue weighted by molar-refractivity contribution is -0.118. The maximum atomic E-state index is 11.6. The Hall–Kier alpha value is -1.40. The average molecular weight is 307 g/mol. The average Bonchev–Trinajstić information content (AvgIpc) is 2.84. The van der Waals surface area contributed by atoms with Crippen molar-refractivity contribution in [2.24, 2.45) is 5.92 Å². The van der Waals surface area contributed by atoms with Gasteiger partial charge < -0.3 is 5.32 Å². The molecule has 0 spiro atoms. The van der Waals surface area contributed by atoms with Crippen LogP contribution in [0.25, 0.3) is 0 Å². The molecule has 0 unspecified atom stereocenters. The first-order valence-electron chi connectivity index (χ1n) is 6.37. The van der Waals surface area contributed by atoms with Crippen LogP contribution in [0.15, 0.2) is 28.6 Å². The van der Waals surface area contributed by atoms with Crippen molar-refractivity contribution in [3.63, 3.8) is 0 Å². The van der Waals surface area contributed by atoms with Crippen LogP contribution in [0.2, 0.25) is 0 Å². The second-order valence-corrected chi connectivity index (χ2v) is 6.99. The Kier molecular flexibility index (Phi) is 5.14. The molecule has 1 amide bonds. The van der Waals surface area contributed by atoms with Gasteiger partial charge in [0.15, 0.2) is 4.34 Å². The van der Waals surface area contributed by atoms with E-state index in [-0.39, 0.29) is 11.8 Å². The molecular formula is C14H17N3OS2. The largest absolute Gasteiger partial charge is 0.300 e. The Morgan fingerprint density at radius 2 is 2.20 bits per heavy atom. The van der Waals surface area contributed by atoms with E-state index in [1.165, 1.54) is 22.5 Å². The van der Waals surface area contributed by atoms with Crippen molar-refractivity contribution in [1.82, 2.24) is 10.2 Å². The number of nitrogens with zero attached hydrogens (tertiary/aromatic N) is 2. The van der Waals surface area contributed by atoms with Crippen molar-refractivity contribution >= 4 is 34.1 Å². The second kappa shape index (κ2) is 6.85. The van der Waals surface area contributed by atoms with Crippen molar-refractivity contribution in [1.29, 1.82) is 0 Å². The van der Waals surface area contributed by atoms with Gasteiger partial charge in [-0.15, -0.1) is 10.2 Å². The Bertz CT molecular complexity index is 596. The van der Waals surface area contributed by atoms with E-state index in [9.17, 15) is 4.79 Å². The normalized spacial score (nSPS) is 10.8. The number of rotatable bonds is 5. The van der Waals surface area contributed by atoms with E-state index in [2.05, 4.69) is 46.7 Å². The zero-order valence-electron chi connectivity index (χ0n) is 11.7. The quantitative estimate of drug-likeness (QED) is 0.675. The number of anilines is 1. The summed E-state index contributed by atoms with van der Waals surface area (Å²) in [6, 6.07) is 8.40. The summed E-state index contributed by atoms with van der Waals surface area (Å²) in [6.45, 7) is 5.78. The van der Waals surface area contributed by atoms with Gasteiger partial charge in [-0.2, -0.15) is 0 Å². The monoisotopic (exact) mass is 307 g/mol. The lowest BCUT2D eigenvalue weighted by atomic mass is 10.2. The highest BCUT2D eigenvalue weighted by molar-refractivity contribution is 8.00. The van der Waals surface area contributed by atoms with Gasteiger partial charge in [0.05, 0.1) is 0 Å². The van der Waals surface area contributed by atoms with Gasteiger partial charge in [-0.25, -0.2) is 0 Å². The highest BCUT2D eigenvalue weighted by atomic mass is 32.2. The van der Waals surface area contributed by atoms with Gasteiger partial charge in [-0.1, -0.05) is 66.8 Å². The van der Waals surface area contributed by atoms with Crippen LogP contribution in [0, 0.1) is 12.8 Å². The van der Waals surface area contributed by atoms with Gasteiger partial charge in [0.2, 0.25) is 11.0 Å². The minimum absolute atomic E-state index is 0.0311. The Labute approximate surface area is 127 Å². The summed E-state index contributed by atoms with van der Waals surface area (Å²) in [5, 5.41) is 11.4. The van der Waals surface area contributed by atoms with E-state index in [4.69, 9.17) is 0 Å². The highest BCUT2D eigenvalue weighted by Crippen LogP contribution is 2.28. The molecule has 0 radical (unpaired) electrons. The molecule has 1 aromatic carbocycles. The molecule has 0 fully saturated rings. The molecule has 0 atom stereocenters. The van der Waals surface area contributed by atoms with E-state index < -0.39 is 0 Å². The predicted octanol–water partition coefficient (Wildman–Crippen LogP) is 3.73. The van der Waals surface area contributed by atoms with Gasteiger partial charge in [-0.3, -0.25) is 4.79 Å². The van der Waals surface area contributed by atoms with Crippen LogP contribution in [-0.2, 0) is 10.5 Å². The van der Waals surface area contributed by atoms with Crippen LogP contribution in [-0.4, -0.2) is 16.1 Å². The fourth-order valence-electron chi connectivity index (χ4n) is 1.52. The highest BCUT2D eigenvalue weighted by Gasteiger charge is 2.11. The second-order valence-electron chi connectivity index (χ2n) is 4.79. The van der Waals surface area contributed by atoms with Crippen LogP contribution in [0.1, 0.15) is 25.0 Å².